The molecule has 5 aromatic rings. The summed E-state index contributed by atoms with van der Waals surface area (Å²) >= 11 is 0. The summed E-state index contributed by atoms with van der Waals surface area (Å²) in [4.78, 5) is 4.89. The van der Waals surface area contributed by atoms with Gasteiger partial charge < -0.3 is 9.80 Å². The Labute approximate surface area is 291 Å². The number of benzene rings is 5. The van der Waals surface area contributed by atoms with E-state index in [2.05, 4.69) is 196 Å². The number of rotatable bonds is 7. The molecule has 0 N–H and O–H groups in total. The highest BCUT2D eigenvalue weighted by Gasteiger charge is 2.46. The molecular formula is C47H42N2. The zero-order valence-electron chi connectivity index (χ0n) is 28.8. The van der Waals surface area contributed by atoms with Gasteiger partial charge in [-0.3, -0.25) is 0 Å². The van der Waals surface area contributed by atoms with Gasteiger partial charge in [0.1, 0.15) is 0 Å². The maximum absolute atomic E-state index is 4.07. The molecule has 0 aromatic heterocycles. The quantitative estimate of drug-likeness (QED) is 0.164. The summed E-state index contributed by atoms with van der Waals surface area (Å²) in [7, 11) is 0. The fourth-order valence-corrected chi connectivity index (χ4v) is 8.32. The van der Waals surface area contributed by atoms with E-state index in [4.69, 9.17) is 0 Å². The molecule has 2 aliphatic carbocycles. The first kappa shape index (κ1) is 30.7. The van der Waals surface area contributed by atoms with Crippen molar-refractivity contribution in [1.29, 1.82) is 0 Å². The van der Waals surface area contributed by atoms with Gasteiger partial charge in [-0.2, -0.15) is 0 Å². The van der Waals surface area contributed by atoms with Crippen LogP contribution in [0.5, 0.6) is 0 Å². The zero-order valence-corrected chi connectivity index (χ0v) is 28.8. The highest BCUT2D eigenvalue weighted by atomic mass is 15.2. The van der Waals surface area contributed by atoms with E-state index in [1.807, 2.05) is 6.08 Å². The second-order valence-corrected chi connectivity index (χ2v) is 14.0. The maximum atomic E-state index is 4.07. The number of nitrogens with zero attached hydrogens (tertiary/aromatic N) is 2. The Bertz CT molecular complexity index is 2210. The summed E-state index contributed by atoms with van der Waals surface area (Å²) in [6.07, 6.45) is 13.9. The third-order valence-electron chi connectivity index (χ3n) is 10.7. The third kappa shape index (κ3) is 4.85. The zero-order chi connectivity index (χ0) is 33.8. The molecule has 0 fully saturated rings. The summed E-state index contributed by atoms with van der Waals surface area (Å²) in [6, 6.07) is 44.5. The lowest BCUT2D eigenvalue weighted by Crippen LogP contribution is -2.41. The fraction of sp³-hybridized carbons (Fsp3) is 0.149. The average Bonchev–Trinajstić information content (AvgIpc) is 3.53. The lowest BCUT2D eigenvalue weighted by molar-refractivity contribution is 0.603. The normalized spacial score (nSPS) is 18.7. The molecule has 0 saturated carbocycles. The first-order chi connectivity index (χ1) is 23.8. The van der Waals surface area contributed by atoms with Crippen molar-refractivity contribution in [1.82, 2.24) is 0 Å². The van der Waals surface area contributed by atoms with Crippen molar-refractivity contribution in [3.05, 3.63) is 192 Å². The molecule has 240 valence electrons. The van der Waals surface area contributed by atoms with E-state index in [1.165, 1.54) is 55.9 Å². The predicted molar refractivity (Wildman–Crippen MR) is 209 cm³/mol. The van der Waals surface area contributed by atoms with Gasteiger partial charge in [0.15, 0.2) is 0 Å². The van der Waals surface area contributed by atoms with Crippen LogP contribution in [0.15, 0.2) is 176 Å². The van der Waals surface area contributed by atoms with Crippen molar-refractivity contribution < 1.29 is 0 Å². The molecule has 0 radical (unpaired) electrons. The highest BCUT2D eigenvalue weighted by molar-refractivity contribution is 5.97. The molecule has 8 rings (SSSR count). The van der Waals surface area contributed by atoms with Gasteiger partial charge in [0, 0.05) is 39.4 Å². The van der Waals surface area contributed by atoms with E-state index >= 15 is 0 Å². The van der Waals surface area contributed by atoms with Gasteiger partial charge in [-0.1, -0.05) is 124 Å². The van der Waals surface area contributed by atoms with Crippen molar-refractivity contribution in [3.63, 3.8) is 0 Å². The first-order valence-corrected chi connectivity index (χ1v) is 17.3. The summed E-state index contributed by atoms with van der Waals surface area (Å²) < 4.78 is 0. The second kappa shape index (κ2) is 11.8. The van der Waals surface area contributed by atoms with E-state index in [0.717, 1.165) is 23.5 Å². The van der Waals surface area contributed by atoms with Crippen molar-refractivity contribution in [2.45, 2.75) is 45.1 Å². The third-order valence-corrected chi connectivity index (χ3v) is 10.7. The smallest absolute Gasteiger partial charge is 0.0717 e. The van der Waals surface area contributed by atoms with Crippen LogP contribution in [0, 0.1) is 0 Å². The molecule has 49 heavy (non-hydrogen) atoms. The van der Waals surface area contributed by atoms with Crippen molar-refractivity contribution in [2.24, 2.45) is 0 Å². The minimum atomic E-state index is -0.201. The molecule has 1 aliphatic heterocycles. The van der Waals surface area contributed by atoms with Crippen LogP contribution in [0.3, 0.4) is 0 Å². The van der Waals surface area contributed by atoms with Crippen LogP contribution in [0.2, 0.25) is 0 Å². The van der Waals surface area contributed by atoms with Crippen LogP contribution in [-0.2, 0) is 5.41 Å². The summed E-state index contributed by atoms with van der Waals surface area (Å²) in [5.74, 6) is 0. The minimum absolute atomic E-state index is 0.00572. The summed E-state index contributed by atoms with van der Waals surface area (Å²) in [5.41, 5.74) is 16.2. The van der Waals surface area contributed by atoms with Crippen LogP contribution in [0.4, 0.5) is 17.1 Å². The molecule has 5 aromatic carbocycles. The van der Waals surface area contributed by atoms with Gasteiger partial charge in [0.05, 0.1) is 5.54 Å². The van der Waals surface area contributed by atoms with Crippen LogP contribution in [-0.4, -0.2) is 5.54 Å². The number of allylic oxidation sites excluding steroid dienone is 5. The Balaban J connectivity index is 1.20. The number of para-hydroxylation sites is 2. The molecule has 0 spiro atoms. The predicted octanol–water partition coefficient (Wildman–Crippen LogP) is 12.4. The van der Waals surface area contributed by atoms with E-state index in [1.54, 1.807) is 0 Å². The van der Waals surface area contributed by atoms with Gasteiger partial charge in [0.25, 0.3) is 0 Å². The number of hydrogen-bond donors (Lipinski definition) is 0. The highest BCUT2D eigenvalue weighted by Crippen LogP contribution is 2.55. The van der Waals surface area contributed by atoms with Gasteiger partial charge in [0.2, 0.25) is 0 Å². The van der Waals surface area contributed by atoms with Crippen molar-refractivity contribution in [2.75, 3.05) is 9.80 Å². The van der Waals surface area contributed by atoms with Gasteiger partial charge in [-0.05, 0) is 114 Å². The van der Waals surface area contributed by atoms with E-state index in [0.29, 0.717) is 0 Å². The molecule has 2 heteroatoms. The van der Waals surface area contributed by atoms with E-state index < -0.39 is 0 Å². The number of fused-ring (bicyclic) bond motifs is 6. The van der Waals surface area contributed by atoms with Crippen LogP contribution in [0.25, 0.3) is 27.8 Å². The SMILES string of the molecule is C=C/C=C(\C=C/C)N(C1=CCC2(C)C(=C1)c1ccccc1N2c1ccccc1)c1ccc(-c2ccc3c(c2)-c2ccccc2C3(C)C)cc1. The minimum Gasteiger partial charge on any atom is -0.331 e. The van der Waals surface area contributed by atoms with Crippen LogP contribution < -0.4 is 9.80 Å². The second-order valence-electron chi connectivity index (χ2n) is 14.0. The van der Waals surface area contributed by atoms with Crippen LogP contribution in [0.1, 0.15) is 50.8 Å². The number of hydrogen-bond acceptors (Lipinski definition) is 2. The fourth-order valence-electron chi connectivity index (χ4n) is 8.32. The molecule has 0 amide bonds. The lowest BCUT2D eigenvalue weighted by Gasteiger charge is -2.41. The Hall–Kier alpha value is -5.60. The molecular weight excluding hydrogens is 593 g/mol. The average molecular weight is 635 g/mol. The van der Waals surface area contributed by atoms with Gasteiger partial charge in [-0.25, -0.2) is 0 Å². The van der Waals surface area contributed by atoms with Crippen molar-refractivity contribution in [3.8, 4) is 22.3 Å². The topological polar surface area (TPSA) is 6.48 Å². The molecule has 2 nitrogen and oxygen atoms in total. The number of anilines is 3. The molecule has 0 saturated heterocycles. The van der Waals surface area contributed by atoms with Crippen LogP contribution >= 0.6 is 0 Å². The van der Waals surface area contributed by atoms with Gasteiger partial charge >= 0.3 is 0 Å². The Morgan fingerprint density at radius 2 is 1.41 bits per heavy atom. The van der Waals surface area contributed by atoms with E-state index in [9.17, 15) is 0 Å². The Morgan fingerprint density at radius 3 is 2.16 bits per heavy atom. The monoisotopic (exact) mass is 634 g/mol. The maximum Gasteiger partial charge on any atom is 0.0717 e. The van der Waals surface area contributed by atoms with Gasteiger partial charge in [-0.15, -0.1) is 0 Å². The van der Waals surface area contributed by atoms with E-state index in [-0.39, 0.29) is 11.0 Å². The largest absolute Gasteiger partial charge is 0.331 e. The van der Waals surface area contributed by atoms with Crippen molar-refractivity contribution >= 4 is 22.6 Å². The Kier molecular flexibility index (Phi) is 7.41. The molecule has 1 atom stereocenters. The first-order valence-electron chi connectivity index (χ1n) is 17.3. The standard InChI is InChI=1S/C47H42N2/c1-6-15-35(16-7-2)48(38-29-30-47(5)44(32-38)40-20-12-14-22-45(40)49(47)37-17-9-8-10-18-37)36-26-23-33(24-27-36)34-25-28-43-41(31-34)39-19-11-13-21-42(39)46(43,3)4/h6-29,31-32H,1,30H2,2-5H3/b16-7-,35-15+. The molecule has 3 aliphatic rings. The molecule has 1 unspecified atom stereocenters. The molecule has 0 bridgehead atoms. The Morgan fingerprint density at radius 1 is 0.735 bits per heavy atom. The summed E-state index contributed by atoms with van der Waals surface area (Å²) in [5, 5.41) is 0. The lowest BCUT2D eigenvalue weighted by atomic mass is 9.82. The molecule has 1 heterocycles. The summed E-state index contributed by atoms with van der Waals surface area (Å²) in [6.45, 7) is 13.2.